The number of rotatable bonds is 8. The molecule has 0 amide bonds. The van der Waals surface area contributed by atoms with Crippen LogP contribution in [-0.4, -0.2) is 13.2 Å². The zero-order valence-electron chi connectivity index (χ0n) is 13.1. The molecule has 19 heavy (non-hydrogen) atoms. The molecule has 1 atom stereocenters. The molecule has 0 spiro atoms. The fraction of sp³-hybridized carbons (Fsp3) is 0.647. The molecule has 1 aromatic rings. The molecule has 0 bridgehead atoms. The first-order valence-corrected chi connectivity index (χ1v) is 7.51. The lowest BCUT2D eigenvalue weighted by Gasteiger charge is -2.35. The molecule has 0 fully saturated rings. The highest BCUT2D eigenvalue weighted by Gasteiger charge is 2.28. The van der Waals surface area contributed by atoms with Gasteiger partial charge in [-0.05, 0) is 49.4 Å². The quantitative estimate of drug-likeness (QED) is 0.742. The molecule has 0 aromatic heterocycles. The maximum absolute atomic E-state index is 5.62. The van der Waals surface area contributed by atoms with Gasteiger partial charge in [-0.25, -0.2) is 0 Å². The van der Waals surface area contributed by atoms with Gasteiger partial charge in [-0.3, -0.25) is 0 Å². The van der Waals surface area contributed by atoms with E-state index in [1.807, 2.05) is 13.0 Å². The normalized spacial score (nSPS) is 13.3. The van der Waals surface area contributed by atoms with E-state index < -0.39 is 0 Å². The van der Waals surface area contributed by atoms with Gasteiger partial charge in [-0.2, -0.15) is 0 Å². The summed E-state index contributed by atoms with van der Waals surface area (Å²) in [6.07, 6.45) is 2.30. The Labute approximate surface area is 118 Å². The number of benzene rings is 1. The molecule has 2 nitrogen and oxygen atoms in total. The maximum atomic E-state index is 5.62. The molecule has 1 rings (SSSR count). The van der Waals surface area contributed by atoms with Crippen molar-refractivity contribution in [2.75, 3.05) is 13.2 Å². The average Bonchev–Trinajstić information content (AvgIpc) is 2.40. The molecule has 1 N–H and O–H groups in total. The third kappa shape index (κ3) is 4.54. The Hall–Kier alpha value is -1.02. The summed E-state index contributed by atoms with van der Waals surface area (Å²) in [7, 11) is 0. The van der Waals surface area contributed by atoms with E-state index in [1.165, 1.54) is 5.56 Å². The van der Waals surface area contributed by atoms with Gasteiger partial charge in [0.2, 0.25) is 0 Å². The van der Waals surface area contributed by atoms with Crippen LogP contribution < -0.4 is 10.1 Å². The Kier molecular flexibility index (Phi) is 6.36. The minimum absolute atomic E-state index is 0.236. The summed E-state index contributed by atoms with van der Waals surface area (Å²) in [5.74, 6) is 0.968. The molecular weight excluding hydrogens is 234 g/mol. The van der Waals surface area contributed by atoms with Crippen LogP contribution in [0.25, 0.3) is 0 Å². The highest BCUT2D eigenvalue weighted by Crippen LogP contribution is 2.37. The SMILES string of the molecule is CCCNC(c1cccc(OCC)c1)C(C)(C)CC. The van der Waals surface area contributed by atoms with Crippen LogP contribution in [-0.2, 0) is 0 Å². The van der Waals surface area contributed by atoms with Gasteiger partial charge in [0.1, 0.15) is 5.75 Å². The summed E-state index contributed by atoms with van der Waals surface area (Å²) >= 11 is 0. The third-order valence-electron chi connectivity index (χ3n) is 3.79. The highest BCUT2D eigenvalue weighted by atomic mass is 16.5. The van der Waals surface area contributed by atoms with Crippen molar-refractivity contribution in [3.8, 4) is 5.75 Å². The van der Waals surface area contributed by atoms with Crippen LogP contribution in [0.4, 0.5) is 0 Å². The van der Waals surface area contributed by atoms with E-state index in [1.54, 1.807) is 0 Å². The molecule has 0 saturated heterocycles. The summed E-state index contributed by atoms with van der Waals surface area (Å²) in [6, 6.07) is 8.87. The molecule has 1 aromatic carbocycles. The topological polar surface area (TPSA) is 21.3 Å². The van der Waals surface area contributed by atoms with Gasteiger partial charge >= 0.3 is 0 Å². The van der Waals surface area contributed by atoms with Crippen LogP contribution in [0.2, 0.25) is 0 Å². The Balaban J connectivity index is 2.99. The first kappa shape index (κ1) is 16.0. The van der Waals surface area contributed by atoms with Gasteiger partial charge in [0.25, 0.3) is 0 Å². The molecule has 0 aliphatic heterocycles. The van der Waals surface area contributed by atoms with Crippen LogP contribution in [0.5, 0.6) is 5.75 Å². The predicted molar refractivity (Wildman–Crippen MR) is 82.7 cm³/mol. The summed E-state index contributed by atoms with van der Waals surface area (Å²) in [6.45, 7) is 12.9. The summed E-state index contributed by atoms with van der Waals surface area (Å²) in [5.41, 5.74) is 1.56. The van der Waals surface area contributed by atoms with Gasteiger partial charge in [0, 0.05) is 6.04 Å². The number of nitrogens with one attached hydrogen (secondary N) is 1. The van der Waals surface area contributed by atoms with Crippen LogP contribution >= 0.6 is 0 Å². The van der Waals surface area contributed by atoms with Gasteiger partial charge in [0.15, 0.2) is 0 Å². The highest BCUT2D eigenvalue weighted by molar-refractivity contribution is 5.31. The summed E-state index contributed by atoms with van der Waals surface area (Å²) < 4.78 is 5.62. The Morgan fingerprint density at radius 2 is 1.95 bits per heavy atom. The van der Waals surface area contributed by atoms with Crippen LogP contribution in [0.3, 0.4) is 0 Å². The van der Waals surface area contributed by atoms with E-state index in [0.29, 0.717) is 12.6 Å². The van der Waals surface area contributed by atoms with Crippen molar-refractivity contribution in [1.29, 1.82) is 0 Å². The molecule has 0 saturated carbocycles. The number of ether oxygens (including phenoxy) is 1. The van der Waals surface area contributed by atoms with E-state index in [-0.39, 0.29) is 5.41 Å². The van der Waals surface area contributed by atoms with Gasteiger partial charge in [0.05, 0.1) is 6.61 Å². The molecule has 0 aliphatic carbocycles. The van der Waals surface area contributed by atoms with E-state index in [9.17, 15) is 0 Å². The Bertz CT molecular complexity index is 373. The van der Waals surface area contributed by atoms with Crippen LogP contribution in [0.15, 0.2) is 24.3 Å². The van der Waals surface area contributed by atoms with Gasteiger partial charge in [-0.15, -0.1) is 0 Å². The second kappa shape index (κ2) is 7.54. The van der Waals surface area contributed by atoms with Crippen molar-refractivity contribution < 1.29 is 4.74 Å². The first-order valence-electron chi connectivity index (χ1n) is 7.51. The molecule has 108 valence electrons. The molecule has 0 aliphatic rings. The summed E-state index contributed by atoms with van der Waals surface area (Å²) in [4.78, 5) is 0. The van der Waals surface area contributed by atoms with Crippen molar-refractivity contribution in [2.45, 2.75) is 53.5 Å². The zero-order valence-corrected chi connectivity index (χ0v) is 13.1. The monoisotopic (exact) mass is 263 g/mol. The lowest BCUT2D eigenvalue weighted by atomic mass is 9.78. The number of hydrogen-bond acceptors (Lipinski definition) is 2. The molecule has 1 unspecified atom stereocenters. The lowest BCUT2D eigenvalue weighted by Crippen LogP contribution is -2.34. The van der Waals surface area contributed by atoms with E-state index >= 15 is 0 Å². The van der Waals surface area contributed by atoms with Crippen molar-refractivity contribution in [2.24, 2.45) is 5.41 Å². The van der Waals surface area contributed by atoms with E-state index in [4.69, 9.17) is 4.74 Å². The Morgan fingerprint density at radius 3 is 2.53 bits per heavy atom. The van der Waals surface area contributed by atoms with E-state index in [0.717, 1.165) is 25.1 Å². The molecule has 0 heterocycles. The minimum atomic E-state index is 0.236. The third-order valence-corrected chi connectivity index (χ3v) is 3.79. The fourth-order valence-electron chi connectivity index (χ4n) is 2.29. The van der Waals surface area contributed by atoms with Crippen LogP contribution in [0, 0.1) is 5.41 Å². The largest absolute Gasteiger partial charge is 0.494 e. The molecule has 2 heteroatoms. The average molecular weight is 263 g/mol. The fourth-order valence-corrected chi connectivity index (χ4v) is 2.29. The number of hydrogen-bond donors (Lipinski definition) is 1. The van der Waals surface area contributed by atoms with Gasteiger partial charge < -0.3 is 10.1 Å². The minimum Gasteiger partial charge on any atom is -0.494 e. The van der Waals surface area contributed by atoms with Crippen molar-refractivity contribution >= 4 is 0 Å². The first-order chi connectivity index (χ1) is 9.05. The van der Waals surface area contributed by atoms with Crippen molar-refractivity contribution in [1.82, 2.24) is 5.32 Å². The molecular formula is C17H29NO. The Morgan fingerprint density at radius 1 is 1.21 bits per heavy atom. The second-order valence-electron chi connectivity index (χ2n) is 5.73. The van der Waals surface area contributed by atoms with Crippen LogP contribution in [0.1, 0.15) is 59.1 Å². The lowest BCUT2D eigenvalue weighted by molar-refractivity contribution is 0.234. The second-order valence-corrected chi connectivity index (χ2v) is 5.73. The van der Waals surface area contributed by atoms with E-state index in [2.05, 4.69) is 51.2 Å². The van der Waals surface area contributed by atoms with Crippen molar-refractivity contribution in [3.05, 3.63) is 29.8 Å². The molecule has 0 radical (unpaired) electrons. The van der Waals surface area contributed by atoms with Crippen molar-refractivity contribution in [3.63, 3.8) is 0 Å². The zero-order chi connectivity index (χ0) is 14.3. The summed E-state index contributed by atoms with van der Waals surface area (Å²) in [5, 5.41) is 3.69. The predicted octanol–water partition coefficient (Wildman–Crippen LogP) is 4.56. The van der Waals surface area contributed by atoms with Gasteiger partial charge in [-0.1, -0.05) is 39.8 Å². The standard InChI is InChI=1S/C17H29NO/c1-6-12-18-16(17(4,5)7-2)14-10-9-11-15(13-14)19-8-3/h9-11,13,16,18H,6-8,12H2,1-5H3. The maximum Gasteiger partial charge on any atom is 0.119 e. The smallest absolute Gasteiger partial charge is 0.119 e.